The fourth-order valence-electron chi connectivity index (χ4n) is 2.73. The molecule has 122 valence electrons. The molecule has 0 aliphatic carbocycles. The lowest BCUT2D eigenvalue weighted by Gasteiger charge is -2.10. The lowest BCUT2D eigenvalue weighted by molar-refractivity contribution is 1.16. The highest BCUT2D eigenvalue weighted by molar-refractivity contribution is 5.88. The molecule has 0 aliphatic rings. The van der Waals surface area contributed by atoms with E-state index in [9.17, 15) is 0 Å². The lowest BCUT2D eigenvalue weighted by Crippen LogP contribution is -2.05. The highest BCUT2D eigenvalue weighted by Gasteiger charge is 2.15. The summed E-state index contributed by atoms with van der Waals surface area (Å²) in [6.45, 7) is 2.00. The van der Waals surface area contributed by atoms with Crippen LogP contribution in [0, 0.1) is 6.92 Å². The standard InChI is InChI=1S/C19H16N6/c1-11-7-5-6-10-13(11)14-16(20)24-19-15(22-14)17(21)23-18(25-19)12-8-3-2-4-9-12/h2-10H,1H3,(H4,20,21,23,24,25). The first-order valence-electron chi connectivity index (χ1n) is 7.85. The van der Waals surface area contributed by atoms with Gasteiger partial charge >= 0.3 is 0 Å². The van der Waals surface area contributed by atoms with E-state index in [0.29, 0.717) is 28.5 Å². The van der Waals surface area contributed by atoms with Crippen molar-refractivity contribution in [3.8, 4) is 22.6 Å². The zero-order chi connectivity index (χ0) is 17.4. The Morgan fingerprint density at radius 2 is 1.44 bits per heavy atom. The van der Waals surface area contributed by atoms with E-state index in [0.717, 1.165) is 16.7 Å². The van der Waals surface area contributed by atoms with Crippen LogP contribution in [0.4, 0.5) is 11.6 Å². The second-order valence-corrected chi connectivity index (χ2v) is 5.74. The summed E-state index contributed by atoms with van der Waals surface area (Å²) < 4.78 is 0. The van der Waals surface area contributed by atoms with Crippen molar-refractivity contribution in [3.63, 3.8) is 0 Å². The molecular weight excluding hydrogens is 312 g/mol. The Morgan fingerprint density at radius 3 is 2.20 bits per heavy atom. The van der Waals surface area contributed by atoms with E-state index in [1.165, 1.54) is 0 Å². The average Bonchev–Trinajstić information content (AvgIpc) is 2.62. The van der Waals surface area contributed by atoms with Crippen LogP contribution in [0.1, 0.15) is 5.56 Å². The molecule has 0 spiro atoms. The van der Waals surface area contributed by atoms with E-state index in [4.69, 9.17) is 11.5 Å². The highest BCUT2D eigenvalue weighted by atomic mass is 15.1. The first-order chi connectivity index (χ1) is 12.1. The molecular formula is C19H16N6. The van der Waals surface area contributed by atoms with Crippen LogP contribution in [0.15, 0.2) is 54.6 Å². The number of hydrogen-bond donors (Lipinski definition) is 2. The van der Waals surface area contributed by atoms with E-state index >= 15 is 0 Å². The molecule has 0 saturated heterocycles. The average molecular weight is 328 g/mol. The Bertz CT molecular complexity index is 1080. The molecule has 4 aromatic rings. The summed E-state index contributed by atoms with van der Waals surface area (Å²) in [5.74, 6) is 1.10. The fourth-order valence-corrected chi connectivity index (χ4v) is 2.73. The third-order valence-corrected chi connectivity index (χ3v) is 4.02. The molecule has 0 amide bonds. The van der Waals surface area contributed by atoms with Gasteiger partial charge in [0.1, 0.15) is 5.69 Å². The molecule has 0 saturated carbocycles. The molecule has 25 heavy (non-hydrogen) atoms. The van der Waals surface area contributed by atoms with Crippen LogP contribution in [0.3, 0.4) is 0 Å². The predicted octanol–water partition coefficient (Wildman–Crippen LogP) is 3.23. The molecule has 4 N–H and O–H groups in total. The van der Waals surface area contributed by atoms with Gasteiger partial charge in [-0.25, -0.2) is 19.9 Å². The number of fused-ring (bicyclic) bond motifs is 1. The van der Waals surface area contributed by atoms with Crippen LogP contribution in [0.2, 0.25) is 0 Å². The second-order valence-electron chi connectivity index (χ2n) is 5.74. The summed E-state index contributed by atoms with van der Waals surface area (Å²) in [6.07, 6.45) is 0. The number of anilines is 2. The van der Waals surface area contributed by atoms with Crippen LogP contribution in [0.25, 0.3) is 33.8 Å². The van der Waals surface area contributed by atoms with Gasteiger partial charge in [0, 0.05) is 11.1 Å². The molecule has 0 unspecified atom stereocenters. The summed E-state index contributed by atoms with van der Waals surface area (Å²) >= 11 is 0. The number of nitrogens with two attached hydrogens (primary N) is 2. The minimum Gasteiger partial charge on any atom is -0.382 e. The minimum atomic E-state index is 0.284. The molecule has 0 aliphatic heterocycles. The molecule has 6 heteroatoms. The van der Waals surface area contributed by atoms with Gasteiger partial charge in [-0.1, -0.05) is 54.6 Å². The molecule has 0 radical (unpaired) electrons. The molecule has 2 heterocycles. The Morgan fingerprint density at radius 1 is 0.720 bits per heavy atom. The third-order valence-electron chi connectivity index (χ3n) is 4.02. The number of hydrogen-bond acceptors (Lipinski definition) is 6. The molecule has 2 aromatic heterocycles. The van der Waals surface area contributed by atoms with E-state index in [-0.39, 0.29) is 5.82 Å². The maximum atomic E-state index is 6.15. The van der Waals surface area contributed by atoms with Crippen molar-refractivity contribution in [2.24, 2.45) is 0 Å². The first kappa shape index (κ1) is 15.0. The largest absolute Gasteiger partial charge is 0.382 e. The number of benzene rings is 2. The number of nitrogen functional groups attached to an aromatic ring is 2. The normalized spacial score (nSPS) is 10.9. The zero-order valence-electron chi connectivity index (χ0n) is 13.6. The molecule has 2 aromatic carbocycles. The molecule has 0 fully saturated rings. The molecule has 0 bridgehead atoms. The zero-order valence-corrected chi connectivity index (χ0v) is 13.6. The predicted molar refractivity (Wildman–Crippen MR) is 99.6 cm³/mol. The van der Waals surface area contributed by atoms with E-state index in [2.05, 4.69) is 19.9 Å². The van der Waals surface area contributed by atoms with Gasteiger partial charge in [-0.15, -0.1) is 0 Å². The Labute approximate surface area is 144 Å². The lowest BCUT2D eigenvalue weighted by atomic mass is 10.1. The Hall–Kier alpha value is -3.54. The van der Waals surface area contributed by atoms with Gasteiger partial charge in [-0.3, -0.25) is 0 Å². The summed E-state index contributed by atoms with van der Waals surface area (Å²) in [7, 11) is 0. The molecule has 6 nitrogen and oxygen atoms in total. The van der Waals surface area contributed by atoms with Crippen molar-refractivity contribution in [2.45, 2.75) is 6.92 Å². The number of rotatable bonds is 2. The fraction of sp³-hybridized carbons (Fsp3) is 0.0526. The van der Waals surface area contributed by atoms with E-state index in [1.54, 1.807) is 0 Å². The van der Waals surface area contributed by atoms with Crippen molar-refractivity contribution in [3.05, 3.63) is 60.2 Å². The monoisotopic (exact) mass is 328 g/mol. The Balaban J connectivity index is 1.93. The molecule has 0 atom stereocenters. The maximum Gasteiger partial charge on any atom is 0.186 e. The maximum absolute atomic E-state index is 6.15. The van der Waals surface area contributed by atoms with Crippen LogP contribution >= 0.6 is 0 Å². The van der Waals surface area contributed by atoms with Crippen LogP contribution in [-0.2, 0) is 0 Å². The van der Waals surface area contributed by atoms with Crippen molar-refractivity contribution >= 4 is 22.8 Å². The van der Waals surface area contributed by atoms with Crippen LogP contribution in [0.5, 0.6) is 0 Å². The summed E-state index contributed by atoms with van der Waals surface area (Å²) in [5, 5.41) is 0. The highest BCUT2D eigenvalue weighted by Crippen LogP contribution is 2.29. The van der Waals surface area contributed by atoms with Gasteiger partial charge in [0.15, 0.2) is 28.6 Å². The van der Waals surface area contributed by atoms with Gasteiger partial charge < -0.3 is 11.5 Å². The molecule has 4 rings (SSSR count). The summed E-state index contributed by atoms with van der Waals surface area (Å²) in [4.78, 5) is 17.9. The topological polar surface area (TPSA) is 104 Å². The van der Waals surface area contributed by atoms with Crippen LogP contribution < -0.4 is 11.5 Å². The second kappa shape index (κ2) is 5.83. The van der Waals surface area contributed by atoms with Gasteiger partial charge in [-0.05, 0) is 12.5 Å². The quantitative estimate of drug-likeness (QED) is 0.585. The minimum absolute atomic E-state index is 0.284. The van der Waals surface area contributed by atoms with Gasteiger partial charge in [0.2, 0.25) is 0 Å². The SMILES string of the molecule is Cc1ccccc1-c1nc2c(N)nc(-c3ccccc3)nc2nc1N. The number of nitrogens with zero attached hydrogens (tertiary/aromatic N) is 4. The van der Waals surface area contributed by atoms with Gasteiger partial charge in [0.25, 0.3) is 0 Å². The van der Waals surface area contributed by atoms with E-state index in [1.807, 2.05) is 61.5 Å². The number of aryl methyl sites for hydroxylation is 1. The third kappa shape index (κ3) is 2.63. The number of aromatic nitrogens is 4. The smallest absolute Gasteiger partial charge is 0.186 e. The van der Waals surface area contributed by atoms with E-state index < -0.39 is 0 Å². The van der Waals surface area contributed by atoms with Crippen molar-refractivity contribution in [1.29, 1.82) is 0 Å². The van der Waals surface area contributed by atoms with Crippen molar-refractivity contribution in [1.82, 2.24) is 19.9 Å². The van der Waals surface area contributed by atoms with Gasteiger partial charge in [-0.2, -0.15) is 0 Å². The summed E-state index contributed by atoms with van der Waals surface area (Å²) in [5.41, 5.74) is 16.6. The van der Waals surface area contributed by atoms with Crippen molar-refractivity contribution < 1.29 is 0 Å². The Kier molecular flexibility index (Phi) is 3.50. The van der Waals surface area contributed by atoms with Gasteiger partial charge in [0.05, 0.1) is 0 Å². The summed E-state index contributed by atoms with van der Waals surface area (Å²) in [6, 6.07) is 17.5. The van der Waals surface area contributed by atoms with Crippen molar-refractivity contribution in [2.75, 3.05) is 11.5 Å². The van der Waals surface area contributed by atoms with Crippen LogP contribution in [-0.4, -0.2) is 19.9 Å². The first-order valence-corrected chi connectivity index (χ1v) is 7.85.